The van der Waals surface area contributed by atoms with Crippen LogP contribution in [0.2, 0.25) is 0 Å². The molecule has 0 aliphatic carbocycles. The zero-order chi connectivity index (χ0) is 14.7. The van der Waals surface area contributed by atoms with Gasteiger partial charge in [-0.05, 0) is 19.4 Å². The summed E-state index contributed by atoms with van der Waals surface area (Å²) in [7, 11) is 1.64. The summed E-state index contributed by atoms with van der Waals surface area (Å²) in [4.78, 5) is 12.0. The van der Waals surface area contributed by atoms with Crippen LogP contribution in [0.5, 0.6) is 0 Å². The highest BCUT2D eigenvalue weighted by atomic mass is 16.6. The van der Waals surface area contributed by atoms with Crippen molar-refractivity contribution < 1.29 is 23.7 Å². The van der Waals surface area contributed by atoms with Crippen molar-refractivity contribution in [2.75, 3.05) is 59.8 Å². The molecule has 0 spiro atoms. The van der Waals surface area contributed by atoms with E-state index in [0.29, 0.717) is 39.6 Å². The molecule has 0 aromatic heterocycles. The highest BCUT2D eigenvalue weighted by molar-refractivity contribution is 5.77. The van der Waals surface area contributed by atoms with Crippen LogP contribution in [-0.2, 0) is 23.7 Å². The first-order valence-electron chi connectivity index (χ1n) is 7.27. The maximum atomic E-state index is 12.0. The third-order valence-corrected chi connectivity index (χ3v) is 3.62. The summed E-state index contributed by atoms with van der Waals surface area (Å²) in [5.74, 6) is -0.107. The summed E-state index contributed by atoms with van der Waals surface area (Å²) < 4.78 is 20.7. The molecule has 20 heavy (non-hydrogen) atoms. The molecule has 0 aromatic carbocycles. The lowest BCUT2D eigenvalue weighted by Gasteiger charge is -2.23. The van der Waals surface area contributed by atoms with Crippen molar-refractivity contribution in [3.63, 3.8) is 0 Å². The third-order valence-electron chi connectivity index (χ3n) is 3.62. The minimum Gasteiger partial charge on any atom is -0.463 e. The monoisotopic (exact) mass is 289 g/mol. The average Bonchev–Trinajstić information content (AvgIpc) is 2.95. The first kappa shape index (κ1) is 17.4. The highest BCUT2D eigenvalue weighted by Gasteiger charge is 2.40. The molecule has 0 saturated carbocycles. The van der Waals surface area contributed by atoms with E-state index in [1.807, 2.05) is 6.92 Å². The molecule has 1 aliphatic heterocycles. The minimum atomic E-state index is -0.330. The molecule has 1 unspecified atom stereocenters. The van der Waals surface area contributed by atoms with Crippen molar-refractivity contribution in [2.45, 2.75) is 19.8 Å². The Balaban J connectivity index is 1.99. The van der Waals surface area contributed by atoms with E-state index in [9.17, 15) is 4.79 Å². The number of rotatable bonds is 11. The largest absolute Gasteiger partial charge is 0.463 e. The second-order valence-corrected chi connectivity index (χ2v) is 4.91. The van der Waals surface area contributed by atoms with Gasteiger partial charge in [0, 0.05) is 13.7 Å². The average molecular weight is 289 g/mol. The Bertz CT molecular complexity index is 266. The van der Waals surface area contributed by atoms with Crippen LogP contribution in [0, 0.1) is 5.41 Å². The SMILES string of the molecule is CCC1(C(=O)OCCOCCOCCOC)CCNC1. The Hall–Kier alpha value is -0.690. The zero-order valence-corrected chi connectivity index (χ0v) is 12.6. The predicted molar refractivity (Wildman–Crippen MR) is 74.7 cm³/mol. The first-order chi connectivity index (χ1) is 9.75. The lowest BCUT2D eigenvalue weighted by molar-refractivity contribution is -0.156. The number of hydrogen-bond acceptors (Lipinski definition) is 6. The van der Waals surface area contributed by atoms with Crippen molar-refractivity contribution in [3.8, 4) is 0 Å². The fourth-order valence-electron chi connectivity index (χ4n) is 2.17. The van der Waals surface area contributed by atoms with Gasteiger partial charge in [-0.25, -0.2) is 0 Å². The number of carbonyl (C=O) groups excluding carboxylic acids is 1. The Morgan fingerprint density at radius 1 is 1.10 bits per heavy atom. The molecule has 1 N–H and O–H groups in total. The van der Waals surface area contributed by atoms with Crippen molar-refractivity contribution >= 4 is 5.97 Å². The van der Waals surface area contributed by atoms with E-state index in [2.05, 4.69) is 5.32 Å². The zero-order valence-electron chi connectivity index (χ0n) is 12.6. The summed E-state index contributed by atoms with van der Waals surface area (Å²) in [5, 5.41) is 3.22. The van der Waals surface area contributed by atoms with Gasteiger partial charge in [-0.2, -0.15) is 0 Å². The second kappa shape index (κ2) is 10.1. The molecule has 1 aliphatic rings. The van der Waals surface area contributed by atoms with E-state index >= 15 is 0 Å². The Morgan fingerprint density at radius 2 is 1.75 bits per heavy atom. The van der Waals surface area contributed by atoms with Gasteiger partial charge in [0.1, 0.15) is 6.61 Å². The number of ether oxygens (including phenoxy) is 4. The van der Waals surface area contributed by atoms with E-state index < -0.39 is 0 Å². The van der Waals surface area contributed by atoms with Crippen LogP contribution in [0.15, 0.2) is 0 Å². The van der Waals surface area contributed by atoms with Crippen molar-refractivity contribution in [2.24, 2.45) is 5.41 Å². The van der Waals surface area contributed by atoms with E-state index in [1.54, 1.807) is 7.11 Å². The van der Waals surface area contributed by atoms with Crippen LogP contribution in [0.4, 0.5) is 0 Å². The molecule has 1 atom stereocenters. The van der Waals surface area contributed by atoms with Crippen LogP contribution in [0.3, 0.4) is 0 Å². The fraction of sp³-hybridized carbons (Fsp3) is 0.929. The fourth-order valence-corrected chi connectivity index (χ4v) is 2.17. The molecule has 1 fully saturated rings. The topological polar surface area (TPSA) is 66.0 Å². The lowest BCUT2D eigenvalue weighted by atomic mass is 9.84. The molecule has 118 valence electrons. The molecular weight excluding hydrogens is 262 g/mol. The lowest BCUT2D eigenvalue weighted by Crippen LogP contribution is -2.35. The van der Waals surface area contributed by atoms with Crippen LogP contribution in [0.25, 0.3) is 0 Å². The molecule has 6 nitrogen and oxygen atoms in total. The van der Waals surface area contributed by atoms with Gasteiger partial charge in [0.25, 0.3) is 0 Å². The number of methoxy groups -OCH3 is 1. The molecule has 6 heteroatoms. The van der Waals surface area contributed by atoms with E-state index in [0.717, 1.165) is 25.9 Å². The summed E-state index contributed by atoms with van der Waals surface area (Å²) in [6.45, 7) is 6.54. The third kappa shape index (κ3) is 5.75. The Labute approximate surface area is 121 Å². The number of nitrogens with one attached hydrogen (secondary N) is 1. The van der Waals surface area contributed by atoms with Crippen LogP contribution in [-0.4, -0.2) is 65.8 Å². The molecule has 1 saturated heterocycles. The maximum absolute atomic E-state index is 12.0. The predicted octanol–water partition coefficient (Wildman–Crippen LogP) is 0.599. The normalized spacial score (nSPS) is 22.1. The summed E-state index contributed by atoms with van der Waals surface area (Å²) in [6, 6.07) is 0. The quantitative estimate of drug-likeness (QED) is 0.444. The van der Waals surface area contributed by atoms with Crippen molar-refractivity contribution in [1.82, 2.24) is 5.32 Å². The van der Waals surface area contributed by atoms with Gasteiger partial charge >= 0.3 is 5.97 Å². The van der Waals surface area contributed by atoms with Crippen molar-refractivity contribution in [1.29, 1.82) is 0 Å². The van der Waals surface area contributed by atoms with Gasteiger partial charge in [-0.15, -0.1) is 0 Å². The molecule has 1 heterocycles. The molecule has 1 rings (SSSR count). The van der Waals surface area contributed by atoms with Gasteiger partial charge in [-0.3, -0.25) is 4.79 Å². The molecule has 0 amide bonds. The van der Waals surface area contributed by atoms with Gasteiger partial charge in [0.2, 0.25) is 0 Å². The highest BCUT2D eigenvalue weighted by Crippen LogP contribution is 2.30. The standard InChI is InChI=1S/C14H27NO5/c1-3-14(4-5-15-12-14)13(16)20-11-10-19-9-8-18-7-6-17-2/h15H,3-12H2,1-2H3. The summed E-state index contributed by atoms with van der Waals surface area (Å²) in [6.07, 6.45) is 1.67. The molecular formula is C14H27NO5. The number of esters is 1. The first-order valence-corrected chi connectivity index (χ1v) is 7.27. The number of hydrogen-bond donors (Lipinski definition) is 1. The maximum Gasteiger partial charge on any atom is 0.313 e. The van der Waals surface area contributed by atoms with Crippen LogP contribution in [0.1, 0.15) is 19.8 Å². The van der Waals surface area contributed by atoms with Gasteiger partial charge < -0.3 is 24.3 Å². The molecule has 0 aromatic rings. The van der Waals surface area contributed by atoms with E-state index in [1.165, 1.54) is 0 Å². The van der Waals surface area contributed by atoms with Crippen LogP contribution >= 0.6 is 0 Å². The van der Waals surface area contributed by atoms with Gasteiger partial charge in [0.05, 0.1) is 38.4 Å². The van der Waals surface area contributed by atoms with Gasteiger partial charge in [0.15, 0.2) is 0 Å². The Kier molecular flexibility index (Phi) is 8.77. The Morgan fingerprint density at radius 3 is 2.30 bits per heavy atom. The molecule has 0 radical (unpaired) electrons. The smallest absolute Gasteiger partial charge is 0.313 e. The number of carbonyl (C=O) groups is 1. The van der Waals surface area contributed by atoms with E-state index in [-0.39, 0.29) is 11.4 Å². The van der Waals surface area contributed by atoms with Crippen LogP contribution < -0.4 is 5.32 Å². The van der Waals surface area contributed by atoms with E-state index in [4.69, 9.17) is 18.9 Å². The van der Waals surface area contributed by atoms with Gasteiger partial charge in [-0.1, -0.05) is 6.92 Å². The van der Waals surface area contributed by atoms with Crippen molar-refractivity contribution in [3.05, 3.63) is 0 Å². The second-order valence-electron chi connectivity index (χ2n) is 4.91. The molecule has 0 bridgehead atoms. The summed E-state index contributed by atoms with van der Waals surface area (Å²) in [5.41, 5.74) is -0.330. The summed E-state index contributed by atoms with van der Waals surface area (Å²) >= 11 is 0. The minimum absolute atomic E-state index is 0.107.